The van der Waals surface area contributed by atoms with Gasteiger partial charge < -0.3 is 25.4 Å². The third-order valence-electron chi connectivity index (χ3n) is 3.25. The molecule has 7 nitrogen and oxygen atoms in total. The molecule has 1 rings (SSSR count). The minimum absolute atomic E-state index is 0. The zero-order valence-corrected chi connectivity index (χ0v) is 18.5. The number of hydrogen-bond donors (Lipinski definition) is 3. The molecule has 0 aromatic heterocycles. The SMILES string of the molecule is CN=C(NCCC(=O)NC(C)C)NCC(C)Oc1cccc(OC)c1.I. The second-order valence-corrected chi connectivity index (χ2v) is 5.96. The average Bonchev–Trinajstić information content (AvgIpc) is 2.57. The molecule has 1 unspecified atom stereocenters. The van der Waals surface area contributed by atoms with Gasteiger partial charge in [0.1, 0.15) is 17.6 Å². The molecule has 1 amide bonds. The molecule has 26 heavy (non-hydrogen) atoms. The van der Waals surface area contributed by atoms with E-state index in [1.165, 1.54) is 0 Å². The fourth-order valence-electron chi connectivity index (χ4n) is 2.10. The van der Waals surface area contributed by atoms with Gasteiger partial charge in [0.15, 0.2) is 5.96 Å². The quantitative estimate of drug-likeness (QED) is 0.288. The Morgan fingerprint density at radius 3 is 2.50 bits per heavy atom. The van der Waals surface area contributed by atoms with Crippen molar-refractivity contribution in [3.8, 4) is 11.5 Å². The number of benzene rings is 1. The van der Waals surface area contributed by atoms with Gasteiger partial charge in [-0.1, -0.05) is 6.07 Å². The number of methoxy groups -OCH3 is 1. The smallest absolute Gasteiger partial charge is 0.221 e. The summed E-state index contributed by atoms with van der Waals surface area (Å²) >= 11 is 0. The lowest BCUT2D eigenvalue weighted by Gasteiger charge is -2.18. The zero-order chi connectivity index (χ0) is 18.7. The number of ether oxygens (including phenoxy) is 2. The molecular weight excluding hydrogens is 447 g/mol. The first-order valence-electron chi connectivity index (χ1n) is 8.49. The van der Waals surface area contributed by atoms with Gasteiger partial charge in [-0.15, -0.1) is 24.0 Å². The van der Waals surface area contributed by atoms with Crippen LogP contribution in [0.15, 0.2) is 29.3 Å². The molecule has 0 heterocycles. The van der Waals surface area contributed by atoms with Crippen molar-refractivity contribution in [2.45, 2.75) is 39.3 Å². The Kier molecular flexibility index (Phi) is 12.6. The van der Waals surface area contributed by atoms with Crippen LogP contribution in [0.3, 0.4) is 0 Å². The molecule has 8 heteroatoms. The first-order valence-corrected chi connectivity index (χ1v) is 8.49. The number of carbonyl (C=O) groups is 1. The Bertz CT molecular complexity index is 567. The molecule has 0 fully saturated rings. The van der Waals surface area contributed by atoms with E-state index in [2.05, 4.69) is 20.9 Å². The van der Waals surface area contributed by atoms with Gasteiger partial charge in [-0.05, 0) is 32.9 Å². The Balaban J connectivity index is 0.00000625. The Labute approximate surface area is 173 Å². The standard InChI is InChI=1S/C18H30N4O3.HI/c1-13(2)22-17(23)9-10-20-18(19-4)21-12-14(3)25-16-8-6-7-15(11-16)24-5;/h6-8,11,13-14H,9-10,12H2,1-5H3,(H,22,23)(H2,19,20,21);1H. The highest BCUT2D eigenvalue weighted by atomic mass is 127. The molecule has 0 saturated carbocycles. The topological polar surface area (TPSA) is 84.0 Å². The van der Waals surface area contributed by atoms with Crippen molar-refractivity contribution in [3.63, 3.8) is 0 Å². The van der Waals surface area contributed by atoms with Crippen LogP contribution in [0.5, 0.6) is 11.5 Å². The fraction of sp³-hybridized carbons (Fsp3) is 0.556. The largest absolute Gasteiger partial charge is 0.497 e. The Morgan fingerprint density at radius 2 is 1.88 bits per heavy atom. The van der Waals surface area contributed by atoms with Gasteiger partial charge >= 0.3 is 0 Å². The molecule has 0 aliphatic carbocycles. The van der Waals surface area contributed by atoms with E-state index >= 15 is 0 Å². The van der Waals surface area contributed by atoms with Crippen LogP contribution in [0, 0.1) is 0 Å². The van der Waals surface area contributed by atoms with Gasteiger partial charge in [-0.25, -0.2) is 0 Å². The summed E-state index contributed by atoms with van der Waals surface area (Å²) in [5.74, 6) is 2.17. The summed E-state index contributed by atoms with van der Waals surface area (Å²) in [6, 6.07) is 7.64. The summed E-state index contributed by atoms with van der Waals surface area (Å²) in [5.41, 5.74) is 0. The van der Waals surface area contributed by atoms with Crippen molar-refractivity contribution in [2.24, 2.45) is 4.99 Å². The molecule has 1 atom stereocenters. The van der Waals surface area contributed by atoms with Crippen LogP contribution in [0.2, 0.25) is 0 Å². The number of carbonyl (C=O) groups excluding carboxylic acids is 1. The number of amides is 1. The molecule has 3 N–H and O–H groups in total. The number of nitrogens with zero attached hydrogens (tertiary/aromatic N) is 1. The summed E-state index contributed by atoms with van der Waals surface area (Å²) in [7, 11) is 3.32. The second-order valence-electron chi connectivity index (χ2n) is 5.96. The first kappa shape index (κ1) is 24.3. The van der Waals surface area contributed by atoms with Gasteiger partial charge in [0.25, 0.3) is 0 Å². The van der Waals surface area contributed by atoms with Crippen LogP contribution >= 0.6 is 24.0 Å². The van der Waals surface area contributed by atoms with E-state index in [4.69, 9.17) is 9.47 Å². The molecule has 148 valence electrons. The summed E-state index contributed by atoms with van der Waals surface area (Å²) < 4.78 is 11.0. The van der Waals surface area contributed by atoms with Crippen LogP contribution in [0.25, 0.3) is 0 Å². The number of aliphatic imine (C=N–C) groups is 1. The van der Waals surface area contributed by atoms with E-state index in [0.29, 0.717) is 25.5 Å². The van der Waals surface area contributed by atoms with Crippen molar-refractivity contribution in [2.75, 3.05) is 27.2 Å². The lowest BCUT2D eigenvalue weighted by molar-refractivity contribution is -0.121. The predicted octanol–water partition coefficient (Wildman–Crippen LogP) is 2.16. The van der Waals surface area contributed by atoms with Crippen molar-refractivity contribution in [1.29, 1.82) is 0 Å². The average molecular weight is 478 g/mol. The molecule has 0 bridgehead atoms. The number of nitrogens with one attached hydrogen (secondary N) is 3. The number of halogens is 1. The van der Waals surface area contributed by atoms with E-state index in [9.17, 15) is 4.79 Å². The molecule has 1 aromatic rings. The highest BCUT2D eigenvalue weighted by Gasteiger charge is 2.07. The van der Waals surface area contributed by atoms with Gasteiger partial charge in [0.2, 0.25) is 5.91 Å². The van der Waals surface area contributed by atoms with Crippen LogP contribution in [-0.2, 0) is 4.79 Å². The van der Waals surface area contributed by atoms with Crippen molar-refractivity contribution in [3.05, 3.63) is 24.3 Å². The highest BCUT2D eigenvalue weighted by Crippen LogP contribution is 2.19. The van der Waals surface area contributed by atoms with Crippen LogP contribution in [0.4, 0.5) is 0 Å². The molecular formula is C18H31IN4O3. The Morgan fingerprint density at radius 1 is 1.19 bits per heavy atom. The van der Waals surface area contributed by atoms with Crippen molar-refractivity contribution < 1.29 is 14.3 Å². The van der Waals surface area contributed by atoms with E-state index in [0.717, 1.165) is 11.5 Å². The first-order chi connectivity index (χ1) is 11.9. The van der Waals surface area contributed by atoms with E-state index in [-0.39, 0.29) is 42.0 Å². The Hall–Kier alpha value is -1.71. The van der Waals surface area contributed by atoms with Gasteiger partial charge in [0, 0.05) is 32.1 Å². The minimum atomic E-state index is -0.0603. The fourth-order valence-corrected chi connectivity index (χ4v) is 2.10. The third-order valence-corrected chi connectivity index (χ3v) is 3.25. The minimum Gasteiger partial charge on any atom is -0.497 e. The van der Waals surface area contributed by atoms with Crippen LogP contribution in [-0.4, -0.2) is 51.3 Å². The highest BCUT2D eigenvalue weighted by molar-refractivity contribution is 14.0. The van der Waals surface area contributed by atoms with Crippen LogP contribution < -0.4 is 25.4 Å². The lowest BCUT2D eigenvalue weighted by atomic mass is 10.3. The number of guanidine groups is 1. The van der Waals surface area contributed by atoms with E-state index in [1.807, 2.05) is 45.0 Å². The summed E-state index contributed by atoms with van der Waals surface area (Å²) in [5, 5.41) is 9.15. The monoisotopic (exact) mass is 478 g/mol. The summed E-state index contributed by atoms with van der Waals surface area (Å²) in [4.78, 5) is 15.7. The van der Waals surface area contributed by atoms with Gasteiger partial charge in [-0.3, -0.25) is 9.79 Å². The molecule has 0 radical (unpaired) electrons. The van der Waals surface area contributed by atoms with Crippen LogP contribution in [0.1, 0.15) is 27.2 Å². The zero-order valence-electron chi connectivity index (χ0n) is 16.2. The van der Waals surface area contributed by atoms with Gasteiger partial charge in [0.05, 0.1) is 13.7 Å². The summed E-state index contributed by atoms with van der Waals surface area (Å²) in [6.07, 6.45) is 0.337. The van der Waals surface area contributed by atoms with Crippen molar-refractivity contribution >= 4 is 35.8 Å². The second kappa shape index (κ2) is 13.5. The maximum Gasteiger partial charge on any atom is 0.221 e. The summed E-state index contributed by atoms with van der Waals surface area (Å²) in [6.45, 7) is 6.94. The molecule has 0 aliphatic heterocycles. The third kappa shape index (κ3) is 10.3. The van der Waals surface area contributed by atoms with E-state index < -0.39 is 0 Å². The van der Waals surface area contributed by atoms with Gasteiger partial charge in [-0.2, -0.15) is 0 Å². The molecule has 1 aromatic carbocycles. The predicted molar refractivity (Wildman–Crippen MR) is 116 cm³/mol. The maximum atomic E-state index is 11.6. The lowest BCUT2D eigenvalue weighted by Crippen LogP contribution is -2.43. The van der Waals surface area contributed by atoms with Crippen molar-refractivity contribution in [1.82, 2.24) is 16.0 Å². The normalized spacial score (nSPS) is 12.0. The molecule has 0 saturated heterocycles. The number of rotatable bonds is 9. The molecule has 0 aliphatic rings. The maximum absolute atomic E-state index is 11.6. The van der Waals surface area contributed by atoms with E-state index in [1.54, 1.807) is 14.2 Å². The number of hydrogen-bond acceptors (Lipinski definition) is 4. The molecule has 0 spiro atoms.